The summed E-state index contributed by atoms with van der Waals surface area (Å²) in [4.78, 5) is 33.7. The third-order valence-electron chi connectivity index (χ3n) is 16.0. The third-order valence-corrected chi connectivity index (χ3v) is 16.0. The molecule has 0 bridgehead atoms. The first-order valence-electron chi connectivity index (χ1n) is 30.4. The van der Waals surface area contributed by atoms with Gasteiger partial charge in [-0.1, -0.05) is 224 Å². The van der Waals surface area contributed by atoms with Crippen LogP contribution in [0.1, 0.15) is 27.8 Å². The van der Waals surface area contributed by atoms with Gasteiger partial charge in [0.25, 0.3) is 0 Å². The summed E-state index contributed by atoms with van der Waals surface area (Å²) in [5.41, 5.74) is 20.1. The summed E-state index contributed by atoms with van der Waals surface area (Å²) in [6, 6.07) is 103. The average Bonchev–Trinajstić information content (AvgIpc) is 0.898. The number of hydrogen-bond donors (Lipinski definition) is 0. The number of aryl methyl sites for hydroxylation is 1. The van der Waals surface area contributed by atoms with Crippen LogP contribution in [0, 0.1) is 58.8 Å². The molecule has 0 aliphatic heterocycles. The molecule has 2 heterocycles. The Bertz CT molecular complexity index is 5100. The van der Waals surface area contributed by atoms with Gasteiger partial charge in [-0.05, 0) is 146 Å². The Morgan fingerprint density at radius 2 is 0.516 bits per heavy atom. The number of nitrogens with zero attached hydrogens (tertiary/aromatic N) is 11. The van der Waals surface area contributed by atoms with E-state index in [1.165, 1.54) is 5.56 Å². The molecule has 0 fully saturated rings. The summed E-state index contributed by atoms with van der Waals surface area (Å²) in [6.45, 7) is 9.76. The molecule has 2 aromatic heterocycles. The lowest BCUT2D eigenvalue weighted by atomic mass is 9.98. The highest BCUT2D eigenvalue weighted by Gasteiger charge is 2.19. The monoisotopic (exact) mass is 1210 g/mol. The highest BCUT2D eigenvalue weighted by molar-refractivity contribution is 5.83. The predicted octanol–water partition coefficient (Wildman–Crippen LogP) is 20.1. The van der Waals surface area contributed by atoms with Gasteiger partial charge in [0.15, 0.2) is 40.6 Å². The van der Waals surface area contributed by atoms with Crippen LogP contribution in [0.5, 0.6) is 0 Å². The normalized spacial score (nSPS) is 10.5. The molecule has 0 aliphatic carbocycles. The molecule has 0 aliphatic rings. The molecule has 11 nitrogen and oxygen atoms in total. The zero-order valence-corrected chi connectivity index (χ0v) is 51.1. The number of benzene rings is 12. The molecule has 14 rings (SSSR count). The number of rotatable bonds is 12. The van der Waals surface area contributed by atoms with E-state index < -0.39 is 0 Å². The first-order valence-corrected chi connectivity index (χ1v) is 30.4. The van der Waals surface area contributed by atoms with Crippen molar-refractivity contribution >= 4 is 5.69 Å². The Hall–Kier alpha value is -13.9. The highest BCUT2D eigenvalue weighted by Crippen LogP contribution is 2.37. The van der Waals surface area contributed by atoms with Crippen molar-refractivity contribution in [3.8, 4) is 159 Å². The van der Waals surface area contributed by atoms with E-state index in [2.05, 4.69) is 72.4 Å². The SMILES string of the molecule is Cc1cccc(-c2cccc(-c3nc(-c4cccc(-c5cccc(C#N)c5)c4)nc(-c4cccc(-c5cccc(C#N)c5)c4)n3)c2)c1.[C-]#[N+]c1ccccc1-c1cccc(-c2nc(-c3cccc(-c4ccccc4C#N)c3)nc(-c3cccc(-c4ccccc4C#N)c3)n2)c1. The van der Waals surface area contributed by atoms with Crippen LogP contribution in [0.2, 0.25) is 0 Å². The van der Waals surface area contributed by atoms with Crippen LogP contribution in [0.4, 0.5) is 5.69 Å². The number of nitriles is 4. The maximum Gasteiger partial charge on any atom is 0.194 e. The topological polar surface area (TPSA) is 177 Å². The Balaban J connectivity index is 0.000000172. The van der Waals surface area contributed by atoms with Gasteiger partial charge in [0.05, 0.1) is 53.1 Å². The molecule has 14 aromatic rings. The highest BCUT2D eigenvalue weighted by atomic mass is 15.0. The van der Waals surface area contributed by atoms with E-state index in [0.717, 1.165) is 100 Å². The van der Waals surface area contributed by atoms with Crippen molar-refractivity contribution in [2.45, 2.75) is 6.92 Å². The Kier molecular flexibility index (Phi) is 17.4. The van der Waals surface area contributed by atoms with E-state index in [9.17, 15) is 21.0 Å². The minimum atomic E-state index is 0.473. The van der Waals surface area contributed by atoms with Crippen molar-refractivity contribution in [1.29, 1.82) is 21.0 Å². The summed E-state index contributed by atoms with van der Waals surface area (Å²) in [5.74, 6) is 3.07. The minimum absolute atomic E-state index is 0.473. The summed E-state index contributed by atoms with van der Waals surface area (Å²) >= 11 is 0. The van der Waals surface area contributed by atoms with Crippen LogP contribution in [-0.2, 0) is 0 Å². The number of para-hydroxylation sites is 1. The van der Waals surface area contributed by atoms with Gasteiger partial charge >= 0.3 is 0 Å². The van der Waals surface area contributed by atoms with Crippen molar-refractivity contribution in [2.24, 2.45) is 0 Å². The summed E-state index contributed by atoms with van der Waals surface area (Å²) in [5, 5.41) is 38.4. The molecule has 0 saturated heterocycles. The molecule has 0 atom stereocenters. The Labute approximate surface area is 550 Å². The van der Waals surface area contributed by atoms with Crippen molar-refractivity contribution < 1.29 is 0 Å². The van der Waals surface area contributed by atoms with Crippen LogP contribution in [0.15, 0.2) is 291 Å². The lowest BCUT2D eigenvalue weighted by Gasteiger charge is -2.12. The fourth-order valence-corrected chi connectivity index (χ4v) is 11.4. The second-order valence-electron chi connectivity index (χ2n) is 22.3. The molecule has 11 heteroatoms. The van der Waals surface area contributed by atoms with Gasteiger partial charge in [-0.2, -0.15) is 21.0 Å². The van der Waals surface area contributed by atoms with E-state index in [1.807, 2.05) is 231 Å². The van der Waals surface area contributed by atoms with E-state index in [4.69, 9.17) is 36.5 Å². The van der Waals surface area contributed by atoms with Crippen LogP contribution >= 0.6 is 0 Å². The van der Waals surface area contributed by atoms with Crippen molar-refractivity contribution in [3.05, 3.63) is 330 Å². The van der Waals surface area contributed by atoms with Gasteiger partial charge in [-0.15, -0.1) is 0 Å². The lowest BCUT2D eigenvalue weighted by molar-refractivity contribution is 1.07. The standard InChI is InChI=1S/C42H24N6.C42H27N5/c1-45-39-22-7-6-21-38(39)30-15-10-18-33(25-30)42-47-40(31-16-8-13-28(23-31)36-19-4-2-11-34(36)26-43)46-41(48-42)32-17-9-14-29(24-32)37-20-5-3-12-35(37)27-44;1-28-8-2-11-31(20-28)34-14-5-17-37(23-34)40-45-41(38-18-6-15-35(24-38)32-12-3-9-29(21-32)26-43)47-42(46-40)39-19-7-16-36(25-39)33-13-4-10-30(22-33)27-44/h2-25H;2-25H,1H3. The molecule has 0 amide bonds. The molecule has 0 spiro atoms. The van der Waals surface area contributed by atoms with Gasteiger partial charge in [-0.25, -0.2) is 34.7 Å². The van der Waals surface area contributed by atoms with Crippen LogP contribution in [0.25, 0.3) is 140 Å². The van der Waals surface area contributed by atoms with Crippen molar-refractivity contribution in [2.75, 3.05) is 0 Å². The largest absolute Gasteiger partial charge is 0.238 e. The van der Waals surface area contributed by atoms with Gasteiger partial charge in [0.2, 0.25) is 0 Å². The van der Waals surface area contributed by atoms with Crippen LogP contribution in [0.3, 0.4) is 0 Å². The first-order chi connectivity index (χ1) is 46.7. The summed E-state index contributed by atoms with van der Waals surface area (Å²) in [6.07, 6.45) is 0. The maximum absolute atomic E-state index is 9.75. The predicted molar refractivity (Wildman–Crippen MR) is 375 cm³/mol. The van der Waals surface area contributed by atoms with Crippen molar-refractivity contribution in [3.63, 3.8) is 0 Å². The number of hydrogen-bond acceptors (Lipinski definition) is 10. The molecule has 12 aromatic carbocycles. The molecule has 0 radical (unpaired) electrons. The molecule has 0 unspecified atom stereocenters. The van der Waals surface area contributed by atoms with Gasteiger partial charge in [0.1, 0.15) is 0 Å². The fourth-order valence-electron chi connectivity index (χ4n) is 11.4. The zero-order valence-electron chi connectivity index (χ0n) is 51.1. The summed E-state index contributed by atoms with van der Waals surface area (Å²) < 4.78 is 0. The first kappa shape index (κ1) is 60.0. The smallest absolute Gasteiger partial charge is 0.194 e. The van der Waals surface area contributed by atoms with Gasteiger partial charge in [-0.3, -0.25) is 0 Å². The fraction of sp³-hybridized carbons (Fsp3) is 0.0119. The molecular weight excluding hydrogens is 1160 g/mol. The van der Waals surface area contributed by atoms with Gasteiger partial charge < -0.3 is 0 Å². The van der Waals surface area contributed by atoms with E-state index in [1.54, 1.807) is 24.3 Å². The molecule has 442 valence electrons. The van der Waals surface area contributed by atoms with Crippen LogP contribution < -0.4 is 0 Å². The van der Waals surface area contributed by atoms with Crippen molar-refractivity contribution in [1.82, 2.24) is 29.9 Å². The quantitative estimate of drug-likeness (QED) is 0.107. The molecule has 0 saturated carbocycles. The van der Waals surface area contributed by atoms with Crippen LogP contribution in [-0.4, -0.2) is 29.9 Å². The lowest BCUT2D eigenvalue weighted by Crippen LogP contribution is -2.00. The van der Waals surface area contributed by atoms with E-state index >= 15 is 0 Å². The second-order valence-corrected chi connectivity index (χ2v) is 22.3. The second kappa shape index (κ2) is 27.5. The molecule has 95 heavy (non-hydrogen) atoms. The van der Waals surface area contributed by atoms with Gasteiger partial charge in [0, 0.05) is 33.4 Å². The Morgan fingerprint density at radius 1 is 0.253 bits per heavy atom. The maximum atomic E-state index is 9.75. The third kappa shape index (κ3) is 13.4. The molecular formula is C84H51N11. The zero-order chi connectivity index (χ0) is 65.0. The summed E-state index contributed by atoms with van der Waals surface area (Å²) in [7, 11) is 0. The molecule has 0 N–H and O–H groups in total. The van der Waals surface area contributed by atoms with E-state index in [-0.39, 0.29) is 0 Å². The minimum Gasteiger partial charge on any atom is -0.238 e. The average molecular weight is 1210 g/mol. The van der Waals surface area contributed by atoms with E-state index in [0.29, 0.717) is 62.9 Å². The Morgan fingerprint density at radius 3 is 0.853 bits per heavy atom. The number of aromatic nitrogens is 6.